The molecule has 0 atom stereocenters. The van der Waals surface area contributed by atoms with E-state index in [1.54, 1.807) is 6.20 Å². The summed E-state index contributed by atoms with van der Waals surface area (Å²) < 4.78 is 1.88. The second-order valence-corrected chi connectivity index (χ2v) is 4.39. The normalized spacial score (nSPS) is 12.1. The predicted octanol–water partition coefficient (Wildman–Crippen LogP) is 0.720. The molecular formula is C11H8N4OS. The minimum absolute atomic E-state index is 0.147. The monoisotopic (exact) mass is 244 g/mol. The van der Waals surface area contributed by atoms with E-state index in [9.17, 15) is 4.79 Å². The first-order chi connectivity index (χ1) is 8.34. The summed E-state index contributed by atoms with van der Waals surface area (Å²) >= 11 is 1.31. The first kappa shape index (κ1) is 9.98. The van der Waals surface area contributed by atoms with Gasteiger partial charge in [0.15, 0.2) is 0 Å². The highest BCUT2D eigenvalue weighted by atomic mass is 32.1. The lowest BCUT2D eigenvalue weighted by Crippen LogP contribution is -2.24. The van der Waals surface area contributed by atoms with Gasteiger partial charge in [0.2, 0.25) is 4.96 Å². The third-order valence-electron chi connectivity index (χ3n) is 2.26. The summed E-state index contributed by atoms with van der Waals surface area (Å²) in [4.78, 5) is 16.4. The Bertz CT molecular complexity index is 747. The van der Waals surface area contributed by atoms with Gasteiger partial charge in [0.25, 0.3) is 5.56 Å². The van der Waals surface area contributed by atoms with Gasteiger partial charge in [-0.2, -0.15) is 9.61 Å². The molecule has 0 spiro atoms. The fourth-order valence-corrected chi connectivity index (χ4v) is 2.27. The average Bonchev–Trinajstić information content (AvgIpc) is 2.92. The van der Waals surface area contributed by atoms with E-state index < -0.39 is 0 Å². The molecule has 0 aliphatic carbocycles. The van der Waals surface area contributed by atoms with Crippen LogP contribution in [0.1, 0.15) is 0 Å². The molecule has 0 fully saturated rings. The van der Waals surface area contributed by atoms with Crippen LogP contribution in [0.25, 0.3) is 11.2 Å². The number of hydrogen-bond acceptors (Lipinski definition) is 5. The van der Waals surface area contributed by atoms with Crippen molar-refractivity contribution in [2.24, 2.45) is 0 Å². The molecule has 0 saturated heterocycles. The van der Waals surface area contributed by atoms with Crippen LogP contribution in [0.3, 0.4) is 0 Å². The van der Waals surface area contributed by atoms with E-state index in [2.05, 4.69) is 15.4 Å². The van der Waals surface area contributed by atoms with E-state index in [-0.39, 0.29) is 5.56 Å². The van der Waals surface area contributed by atoms with Crippen LogP contribution in [-0.4, -0.2) is 14.6 Å². The van der Waals surface area contributed by atoms with Crippen molar-refractivity contribution >= 4 is 28.2 Å². The van der Waals surface area contributed by atoms with Crippen LogP contribution < -0.4 is 15.4 Å². The highest BCUT2D eigenvalue weighted by Gasteiger charge is 2.04. The zero-order valence-electron chi connectivity index (χ0n) is 8.70. The zero-order chi connectivity index (χ0) is 11.7. The van der Waals surface area contributed by atoms with E-state index in [1.165, 1.54) is 22.2 Å². The Morgan fingerprint density at radius 3 is 2.88 bits per heavy atom. The molecule has 2 aromatic heterocycles. The largest absolute Gasteiger partial charge is 0.360 e. The molecule has 3 aromatic rings. The first-order valence-corrected chi connectivity index (χ1v) is 5.80. The number of fused-ring (bicyclic) bond motifs is 1. The molecule has 1 aromatic carbocycles. The number of para-hydroxylation sites is 1. The van der Waals surface area contributed by atoms with Crippen LogP contribution in [0.5, 0.6) is 0 Å². The lowest BCUT2D eigenvalue weighted by Gasteiger charge is -1.96. The maximum Gasteiger partial charge on any atom is 0.292 e. The maximum absolute atomic E-state index is 11.8. The molecule has 1 N–H and O–H groups in total. The molecule has 0 saturated carbocycles. The van der Waals surface area contributed by atoms with E-state index in [4.69, 9.17) is 0 Å². The topological polar surface area (TPSA) is 59.3 Å². The van der Waals surface area contributed by atoms with Crippen molar-refractivity contribution in [1.29, 1.82) is 0 Å². The van der Waals surface area contributed by atoms with E-state index >= 15 is 0 Å². The van der Waals surface area contributed by atoms with Crippen molar-refractivity contribution in [2.75, 3.05) is 5.32 Å². The van der Waals surface area contributed by atoms with Gasteiger partial charge in [-0.05, 0) is 12.1 Å². The average molecular weight is 244 g/mol. The van der Waals surface area contributed by atoms with E-state index in [0.717, 1.165) is 5.69 Å². The summed E-state index contributed by atoms with van der Waals surface area (Å²) in [6.07, 6.45) is 3.06. The van der Waals surface area contributed by atoms with Crippen molar-refractivity contribution in [3.05, 3.63) is 51.5 Å². The van der Waals surface area contributed by atoms with Crippen LogP contribution in [0.4, 0.5) is 5.69 Å². The Balaban J connectivity index is 2.01. The van der Waals surface area contributed by atoms with Gasteiger partial charge >= 0.3 is 0 Å². The molecule has 3 rings (SSSR count). The molecule has 2 heterocycles. The van der Waals surface area contributed by atoms with Gasteiger partial charge < -0.3 is 5.32 Å². The van der Waals surface area contributed by atoms with Crippen molar-refractivity contribution in [3.63, 3.8) is 0 Å². The summed E-state index contributed by atoms with van der Waals surface area (Å²) in [7, 11) is 0. The van der Waals surface area contributed by atoms with Crippen LogP contribution in [0.2, 0.25) is 0 Å². The van der Waals surface area contributed by atoms with Gasteiger partial charge in [0.1, 0.15) is 10.9 Å². The number of nitrogens with zero attached hydrogens (tertiary/aromatic N) is 3. The van der Waals surface area contributed by atoms with Gasteiger partial charge in [0.05, 0.1) is 0 Å². The molecule has 6 heteroatoms. The number of nitrogens with one attached hydrogen (secondary N) is 1. The fraction of sp³-hybridized carbons (Fsp3) is 0. The minimum Gasteiger partial charge on any atom is -0.360 e. The Morgan fingerprint density at radius 1 is 1.29 bits per heavy atom. The van der Waals surface area contributed by atoms with Crippen molar-refractivity contribution in [3.8, 4) is 0 Å². The van der Waals surface area contributed by atoms with Gasteiger partial charge in [-0.15, -0.1) is 0 Å². The summed E-state index contributed by atoms with van der Waals surface area (Å²) in [6.45, 7) is 0. The summed E-state index contributed by atoms with van der Waals surface area (Å²) in [5, 5.41) is 6.92. The van der Waals surface area contributed by atoms with Crippen molar-refractivity contribution in [1.82, 2.24) is 14.6 Å². The van der Waals surface area contributed by atoms with Crippen molar-refractivity contribution in [2.45, 2.75) is 0 Å². The molecule has 0 radical (unpaired) electrons. The predicted molar refractivity (Wildman–Crippen MR) is 66.9 cm³/mol. The number of hydrogen-bond donors (Lipinski definition) is 1. The summed E-state index contributed by atoms with van der Waals surface area (Å²) in [6, 6.07) is 9.65. The number of benzene rings is 1. The Labute approximate surface area is 100 Å². The number of rotatable bonds is 2. The van der Waals surface area contributed by atoms with E-state index in [1.807, 2.05) is 30.3 Å². The molecule has 0 aliphatic rings. The fourth-order valence-electron chi connectivity index (χ4n) is 1.46. The Kier molecular flexibility index (Phi) is 2.34. The van der Waals surface area contributed by atoms with Gasteiger partial charge in [-0.1, -0.05) is 29.5 Å². The minimum atomic E-state index is -0.147. The van der Waals surface area contributed by atoms with Crippen LogP contribution in [0, 0.1) is 0 Å². The second kappa shape index (κ2) is 3.99. The SMILES string of the molecule is O=c1/c(=C/Nc2ccccc2)sc2ncnn12. The van der Waals surface area contributed by atoms with Crippen LogP contribution in [0.15, 0.2) is 41.5 Å². The Hall–Kier alpha value is -2.21. The zero-order valence-corrected chi connectivity index (χ0v) is 9.52. The van der Waals surface area contributed by atoms with Gasteiger partial charge in [-0.25, -0.2) is 4.98 Å². The highest BCUT2D eigenvalue weighted by Crippen LogP contribution is 2.04. The Morgan fingerprint density at radius 2 is 2.12 bits per heavy atom. The number of thiazole rings is 1. The van der Waals surface area contributed by atoms with Gasteiger partial charge in [-0.3, -0.25) is 4.79 Å². The summed E-state index contributed by atoms with van der Waals surface area (Å²) in [5.41, 5.74) is 0.789. The standard InChI is InChI=1S/C11H8N4OS/c16-10-9(17-11-13-7-14-15(10)11)6-12-8-4-2-1-3-5-8/h1-7,12H/b9-6-. The molecule has 17 heavy (non-hydrogen) atoms. The third-order valence-corrected chi connectivity index (χ3v) is 3.24. The summed E-state index contributed by atoms with van der Waals surface area (Å²) in [5.74, 6) is 0. The van der Waals surface area contributed by atoms with Crippen molar-refractivity contribution < 1.29 is 0 Å². The number of aromatic nitrogens is 3. The lowest BCUT2D eigenvalue weighted by molar-refractivity contribution is 0.932. The molecule has 5 nitrogen and oxygen atoms in total. The van der Waals surface area contributed by atoms with Crippen LogP contribution >= 0.6 is 11.3 Å². The third kappa shape index (κ3) is 1.78. The maximum atomic E-state index is 11.8. The molecule has 84 valence electrons. The molecule has 0 amide bonds. The lowest BCUT2D eigenvalue weighted by atomic mass is 10.3. The smallest absolute Gasteiger partial charge is 0.292 e. The molecule has 0 bridgehead atoms. The van der Waals surface area contributed by atoms with Crippen LogP contribution in [-0.2, 0) is 0 Å². The molecule has 0 aliphatic heterocycles. The first-order valence-electron chi connectivity index (χ1n) is 4.99. The highest BCUT2D eigenvalue weighted by molar-refractivity contribution is 7.15. The molecule has 0 unspecified atom stereocenters. The number of anilines is 1. The quantitative estimate of drug-likeness (QED) is 0.721. The second-order valence-electron chi connectivity index (χ2n) is 3.38. The van der Waals surface area contributed by atoms with E-state index in [0.29, 0.717) is 9.49 Å². The van der Waals surface area contributed by atoms with Gasteiger partial charge in [0, 0.05) is 11.9 Å². The molecular weight excluding hydrogens is 236 g/mol.